The van der Waals surface area contributed by atoms with Crippen molar-refractivity contribution in [3.63, 3.8) is 0 Å². The van der Waals surface area contributed by atoms with Crippen LogP contribution in [0.3, 0.4) is 0 Å². The summed E-state index contributed by atoms with van der Waals surface area (Å²) in [5.41, 5.74) is 7.06. The van der Waals surface area contributed by atoms with Gasteiger partial charge in [-0.3, -0.25) is 4.79 Å². The maximum absolute atomic E-state index is 11.6. The number of rotatable bonds is 4. The number of para-hydroxylation sites is 1. The minimum Gasteiger partial charge on any atom is -0.496 e. The van der Waals surface area contributed by atoms with Crippen LogP contribution in [0.15, 0.2) is 42.5 Å². The van der Waals surface area contributed by atoms with Crippen molar-refractivity contribution in [3.05, 3.63) is 48.2 Å². The van der Waals surface area contributed by atoms with Gasteiger partial charge < -0.3 is 15.4 Å². The normalized spacial score (nSPS) is 13.9. The smallest absolute Gasteiger partial charge is 0.267 e. The first-order valence-corrected chi connectivity index (χ1v) is 7.41. The lowest BCUT2D eigenvalue weighted by molar-refractivity contribution is 0.0995. The maximum Gasteiger partial charge on any atom is 0.267 e. The second kappa shape index (κ2) is 6.48. The van der Waals surface area contributed by atoms with Gasteiger partial charge in [0.2, 0.25) is 5.95 Å². The number of ether oxygens (including phenoxy) is 1. The SMILES string of the molecule is COc1ccccc1-c1cc(C(N)=O)nc(N2CC=CCC2)n1. The molecular formula is C17H18N4O2. The van der Waals surface area contributed by atoms with E-state index in [1.165, 1.54) is 0 Å². The summed E-state index contributed by atoms with van der Waals surface area (Å²) in [7, 11) is 1.60. The van der Waals surface area contributed by atoms with Gasteiger partial charge in [-0.1, -0.05) is 24.3 Å². The number of benzene rings is 1. The summed E-state index contributed by atoms with van der Waals surface area (Å²) >= 11 is 0. The molecule has 2 N–H and O–H groups in total. The number of carbonyl (C=O) groups excluding carboxylic acids is 1. The van der Waals surface area contributed by atoms with Crippen molar-refractivity contribution in [2.75, 3.05) is 25.1 Å². The number of carbonyl (C=O) groups is 1. The zero-order chi connectivity index (χ0) is 16.2. The Bertz CT molecular complexity index is 758. The molecule has 2 heterocycles. The van der Waals surface area contributed by atoms with E-state index in [0.717, 1.165) is 18.5 Å². The van der Waals surface area contributed by atoms with E-state index in [2.05, 4.69) is 22.1 Å². The summed E-state index contributed by atoms with van der Waals surface area (Å²) in [5.74, 6) is 0.620. The number of amides is 1. The molecule has 0 atom stereocenters. The van der Waals surface area contributed by atoms with Crippen LogP contribution in [0, 0.1) is 0 Å². The number of primary amides is 1. The molecule has 1 aromatic heterocycles. The highest BCUT2D eigenvalue weighted by molar-refractivity contribution is 5.92. The van der Waals surface area contributed by atoms with Crippen molar-refractivity contribution in [3.8, 4) is 17.0 Å². The van der Waals surface area contributed by atoms with E-state index in [4.69, 9.17) is 10.5 Å². The summed E-state index contributed by atoms with van der Waals surface area (Å²) in [6, 6.07) is 9.13. The van der Waals surface area contributed by atoms with Crippen LogP contribution in [0.4, 0.5) is 5.95 Å². The average Bonchev–Trinajstić information content (AvgIpc) is 2.62. The third-order valence-electron chi connectivity index (χ3n) is 3.69. The fourth-order valence-electron chi connectivity index (χ4n) is 2.52. The maximum atomic E-state index is 11.6. The molecular weight excluding hydrogens is 292 g/mol. The lowest BCUT2D eigenvalue weighted by atomic mass is 10.1. The molecule has 0 aliphatic carbocycles. The van der Waals surface area contributed by atoms with Crippen molar-refractivity contribution in [1.29, 1.82) is 0 Å². The van der Waals surface area contributed by atoms with E-state index in [-0.39, 0.29) is 5.69 Å². The van der Waals surface area contributed by atoms with Crippen LogP contribution in [-0.4, -0.2) is 36.1 Å². The minimum absolute atomic E-state index is 0.199. The number of hydrogen-bond donors (Lipinski definition) is 1. The van der Waals surface area contributed by atoms with Crippen molar-refractivity contribution in [2.45, 2.75) is 6.42 Å². The second-order valence-electron chi connectivity index (χ2n) is 5.21. The number of aromatic nitrogens is 2. The number of anilines is 1. The zero-order valence-electron chi connectivity index (χ0n) is 12.9. The van der Waals surface area contributed by atoms with Crippen LogP contribution in [0.5, 0.6) is 5.75 Å². The molecule has 2 aromatic rings. The van der Waals surface area contributed by atoms with E-state index >= 15 is 0 Å². The molecule has 118 valence electrons. The molecule has 23 heavy (non-hydrogen) atoms. The van der Waals surface area contributed by atoms with Crippen LogP contribution in [0.25, 0.3) is 11.3 Å². The van der Waals surface area contributed by atoms with Crippen LogP contribution >= 0.6 is 0 Å². The third-order valence-corrected chi connectivity index (χ3v) is 3.69. The summed E-state index contributed by atoms with van der Waals surface area (Å²) in [6.07, 6.45) is 5.11. The Hall–Kier alpha value is -2.89. The molecule has 0 spiro atoms. The molecule has 6 nitrogen and oxygen atoms in total. The van der Waals surface area contributed by atoms with Crippen LogP contribution in [0.1, 0.15) is 16.9 Å². The molecule has 1 aromatic carbocycles. The molecule has 1 aliphatic rings. The highest BCUT2D eigenvalue weighted by Gasteiger charge is 2.17. The Balaban J connectivity index is 2.10. The van der Waals surface area contributed by atoms with Crippen molar-refractivity contribution in [2.24, 2.45) is 5.73 Å². The van der Waals surface area contributed by atoms with Crippen molar-refractivity contribution < 1.29 is 9.53 Å². The second-order valence-corrected chi connectivity index (χ2v) is 5.21. The molecule has 0 radical (unpaired) electrons. The molecule has 0 bridgehead atoms. The third kappa shape index (κ3) is 3.15. The largest absolute Gasteiger partial charge is 0.496 e. The Labute approximate surface area is 134 Å². The number of nitrogens with two attached hydrogens (primary N) is 1. The predicted octanol–water partition coefficient (Wildman–Crippen LogP) is 2.02. The summed E-state index contributed by atoms with van der Waals surface area (Å²) in [4.78, 5) is 22.6. The molecule has 0 saturated carbocycles. The van der Waals surface area contributed by atoms with Gasteiger partial charge >= 0.3 is 0 Å². The van der Waals surface area contributed by atoms with Crippen molar-refractivity contribution >= 4 is 11.9 Å². The molecule has 6 heteroatoms. The van der Waals surface area contributed by atoms with E-state index in [0.29, 0.717) is 23.9 Å². The zero-order valence-corrected chi connectivity index (χ0v) is 12.9. The average molecular weight is 310 g/mol. The Kier molecular flexibility index (Phi) is 4.23. The molecule has 0 unspecified atom stereocenters. The van der Waals surface area contributed by atoms with Gasteiger partial charge in [-0.05, 0) is 24.6 Å². The number of hydrogen-bond acceptors (Lipinski definition) is 5. The molecule has 1 aliphatic heterocycles. The lowest BCUT2D eigenvalue weighted by Crippen LogP contribution is -2.29. The molecule has 3 rings (SSSR count). The van der Waals surface area contributed by atoms with Gasteiger partial charge in [-0.25, -0.2) is 9.97 Å². The van der Waals surface area contributed by atoms with Gasteiger partial charge in [0.25, 0.3) is 5.91 Å². The fraction of sp³-hybridized carbons (Fsp3) is 0.235. The quantitative estimate of drug-likeness (QED) is 0.874. The first-order valence-electron chi connectivity index (χ1n) is 7.41. The Morgan fingerprint density at radius 3 is 2.78 bits per heavy atom. The van der Waals surface area contributed by atoms with Gasteiger partial charge in [-0.15, -0.1) is 0 Å². The first-order chi connectivity index (χ1) is 11.2. The van der Waals surface area contributed by atoms with Crippen LogP contribution in [-0.2, 0) is 0 Å². The standard InChI is InChI=1S/C17H18N4O2/c1-23-15-8-4-3-7-12(15)13-11-14(16(18)22)20-17(19-13)21-9-5-2-6-10-21/h2-5,7-8,11H,6,9-10H2,1H3,(H2,18,22). The highest BCUT2D eigenvalue weighted by Crippen LogP contribution is 2.29. The summed E-state index contributed by atoms with van der Waals surface area (Å²) < 4.78 is 5.38. The van der Waals surface area contributed by atoms with Gasteiger partial charge in [0, 0.05) is 18.7 Å². The Morgan fingerprint density at radius 1 is 1.26 bits per heavy atom. The van der Waals surface area contributed by atoms with E-state index in [9.17, 15) is 4.79 Å². The minimum atomic E-state index is -0.572. The van der Waals surface area contributed by atoms with Crippen LogP contribution in [0.2, 0.25) is 0 Å². The lowest BCUT2D eigenvalue weighted by Gasteiger charge is -2.24. The van der Waals surface area contributed by atoms with Crippen LogP contribution < -0.4 is 15.4 Å². The first kappa shape index (κ1) is 15.0. The van der Waals surface area contributed by atoms with Crippen molar-refractivity contribution in [1.82, 2.24) is 9.97 Å². The fourth-order valence-corrected chi connectivity index (χ4v) is 2.52. The summed E-state index contributed by atoms with van der Waals surface area (Å²) in [5, 5.41) is 0. The predicted molar refractivity (Wildman–Crippen MR) is 88.5 cm³/mol. The van der Waals surface area contributed by atoms with Gasteiger partial charge in [0.15, 0.2) is 0 Å². The topological polar surface area (TPSA) is 81.3 Å². The molecule has 1 amide bonds. The van der Waals surface area contributed by atoms with Gasteiger partial charge in [-0.2, -0.15) is 0 Å². The molecule has 0 fully saturated rings. The monoisotopic (exact) mass is 310 g/mol. The number of methoxy groups -OCH3 is 1. The van der Waals surface area contributed by atoms with E-state index in [1.807, 2.05) is 29.2 Å². The van der Waals surface area contributed by atoms with Gasteiger partial charge in [0.1, 0.15) is 11.4 Å². The highest BCUT2D eigenvalue weighted by atomic mass is 16.5. The van der Waals surface area contributed by atoms with E-state index in [1.54, 1.807) is 13.2 Å². The number of nitrogens with zero attached hydrogens (tertiary/aromatic N) is 3. The van der Waals surface area contributed by atoms with E-state index < -0.39 is 5.91 Å². The van der Waals surface area contributed by atoms with Gasteiger partial charge in [0.05, 0.1) is 12.8 Å². The molecule has 0 saturated heterocycles. The Morgan fingerprint density at radius 2 is 2.09 bits per heavy atom. The summed E-state index contributed by atoms with van der Waals surface area (Å²) in [6.45, 7) is 1.53.